The predicted molar refractivity (Wildman–Crippen MR) is 34.1 cm³/mol. The highest BCUT2D eigenvalue weighted by molar-refractivity contribution is 5.53. The second-order valence-corrected chi connectivity index (χ2v) is 2.03. The fraction of sp³-hybridized carbons (Fsp3) is 0. The van der Waals surface area contributed by atoms with Crippen LogP contribution in [0.1, 0.15) is 0 Å². The van der Waals surface area contributed by atoms with Crippen molar-refractivity contribution in [1.29, 1.82) is 0 Å². The minimum Gasteiger partial charge on any atom is -0.603 e. The Kier molecular flexibility index (Phi) is 0.777. The first-order valence-electron chi connectivity index (χ1n) is 2.78. The van der Waals surface area contributed by atoms with E-state index in [1.807, 2.05) is 18.2 Å². The van der Waals surface area contributed by atoms with Crippen molar-refractivity contribution in [2.24, 2.45) is 0 Å². The molecule has 1 atom stereocenters. The predicted octanol–water partition coefficient (Wildman–Crippen LogP) is 0.0413. The smallest absolute Gasteiger partial charge is 0.158 e. The lowest BCUT2D eigenvalue weighted by molar-refractivity contribution is -0.745. The van der Waals surface area contributed by atoms with Crippen molar-refractivity contribution >= 4 is 11.4 Å². The molecule has 1 aromatic rings. The summed E-state index contributed by atoms with van der Waals surface area (Å²) < 4.78 is 0. The van der Waals surface area contributed by atoms with E-state index in [0.717, 1.165) is 11.4 Å². The van der Waals surface area contributed by atoms with Gasteiger partial charge in [0, 0.05) is 12.1 Å². The molecular formula is C6H6N2O. The number of nitrogens with one attached hydrogen (secondary N) is 2. The van der Waals surface area contributed by atoms with Crippen LogP contribution in [-0.2, 0) is 0 Å². The van der Waals surface area contributed by atoms with Crippen LogP contribution in [0.15, 0.2) is 24.3 Å². The highest BCUT2D eigenvalue weighted by Crippen LogP contribution is 2.14. The van der Waals surface area contributed by atoms with Crippen LogP contribution in [0, 0.1) is 5.21 Å². The molecule has 2 bridgehead atoms. The molecule has 2 N–H and O–H groups in total. The zero-order valence-electron chi connectivity index (χ0n) is 4.72. The monoisotopic (exact) mass is 122 g/mol. The molecule has 1 heterocycles. The summed E-state index contributed by atoms with van der Waals surface area (Å²) in [5.41, 5.74) is 4.34. The van der Waals surface area contributed by atoms with Crippen LogP contribution >= 0.6 is 0 Å². The fourth-order valence-electron chi connectivity index (χ4n) is 0.941. The van der Waals surface area contributed by atoms with E-state index in [2.05, 4.69) is 5.43 Å². The van der Waals surface area contributed by atoms with E-state index in [4.69, 9.17) is 0 Å². The summed E-state index contributed by atoms with van der Waals surface area (Å²) in [7, 11) is 0. The van der Waals surface area contributed by atoms with Crippen molar-refractivity contribution in [2.45, 2.75) is 0 Å². The number of benzene rings is 1. The van der Waals surface area contributed by atoms with Gasteiger partial charge in [0.1, 0.15) is 0 Å². The lowest BCUT2D eigenvalue weighted by atomic mass is 10.3. The van der Waals surface area contributed by atoms with Crippen LogP contribution in [0.5, 0.6) is 0 Å². The van der Waals surface area contributed by atoms with E-state index < -0.39 is 0 Å². The Labute approximate surface area is 52.5 Å². The molecule has 46 valence electrons. The van der Waals surface area contributed by atoms with Gasteiger partial charge in [-0.25, -0.2) is 10.6 Å². The van der Waals surface area contributed by atoms with Gasteiger partial charge < -0.3 is 5.21 Å². The Bertz CT molecular complexity index is 236. The van der Waals surface area contributed by atoms with Crippen LogP contribution in [0.25, 0.3) is 0 Å². The highest BCUT2D eigenvalue weighted by atomic mass is 16.5. The van der Waals surface area contributed by atoms with Gasteiger partial charge in [-0.3, -0.25) is 0 Å². The molecule has 0 amide bonds. The van der Waals surface area contributed by atoms with Gasteiger partial charge in [0.05, 0.1) is 5.69 Å². The molecular weight excluding hydrogens is 116 g/mol. The van der Waals surface area contributed by atoms with Gasteiger partial charge in [-0.15, -0.1) is 0 Å². The molecule has 3 heteroatoms. The van der Waals surface area contributed by atoms with E-state index in [1.54, 1.807) is 6.07 Å². The Hall–Kier alpha value is -1.06. The molecule has 1 aliphatic rings. The molecule has 1 unspecified atom stereocenters. The van der Waals surface area contributed by atoms with Gasteiger partial charge in [-0.2, -0.15) is 0 Å². The second kappa shape index (κ2) is 1.46. The normalized spacial score (nSPS) is 21.7. The van der Waals surface area contributed by atoms with E-state index in [0.29, 0.717) is 0 Å². The van der Waals surface area contributed by atoms with Crippen LogP contribution < -0.4 is 10.6 Å². The van der Waals surface area contributed by atoms with Crippen LogP contribution in [0.3, 0.4) is 0 Å². The largest absolute Gasteiger partial charge is 0.603 e. The summed E-state index contributed by atoms with van der Waals surface area (Å²) in [4.78, 5) is 0. The molecule has 1 aliphatic heterocycles. The molecule has 3 nitrogen and oxygen atoms in total. The quantitative estimate of drug-likeness (QED) is 0.477. The average molecular weight is 122 g/mol. The minimum atomic E-state index is 0.00926. The summed E-state index contributed by atoms with van der Waals surface area (Å²) >= 11 is 0. The maximum atomic E-state index is 10.8. The number of anilines is 1. The second-order valence-electron chi connectivity index (χ2n) is 2.03. The van der Waals surface area contributed by atoms with E-state index >= 15 is 0 Å². The average Bonchev–Trinajstić information content (AvgIpc) is 2.09. The minimum absolute atomic E-state index is 0.00926. The van der Waals surface area contributed by atoms with Crippen LogP contribution in [0.2, 0.25) is 0 Å². The van der Waals surface area contributed by atoms with Gasteiger partial charge in [0.2, 0.25) is 0 Å². The lowest BCUT2D eigenvalue weighted by Crippen LogP contribution is -3.04. The summed E-state index contributed by atoms with van der Waals surface area (Å²) in [6.45, 7) is 0. The summed E-state index contributed by atoms with van der Waals surface area (Å²) in [5, 5.41) is 10.8. The SMILES string of the molecule is [O-][NH+]1Nc2cccc1c2. The first-order valence-corrected chi connectivity index (χ1v) is 2.78. The van der Waals surface area contributed by atoms with Crippen molar-refractivity contribution < 1.29 is 5.17 Å². The van der Waals surface area contributed by atoms with Crippen LogP contribution in [-0.4, -0.2) is 0 Å². The third kappa shape index (κ3) is 0.590. The Morgan fingerprint density at radius 1 is 1.44 bits per heavy atom. The first-order chi connectivity index (χ1) is 4.36. The zero-order valence-corrected chi connectivity index (χ0v) is 4.72. The summed E-state index contributed by atoms with van der Waals surface area (Å²) in [5.74, 6) is 0. The Balaban J connectivity index is 2.56. The number of hydrogen-bond acceptors (Lipinski definition) is 2. The highest BCUT2D eigenvalue weighted by Gasteiger charge is 2.10. The van der Waals surface area contributed by atoms with Gasteiger partial charge in [-0.05, 0) is 6.07 Å². The lowest BCUT2D eigenvalue weighted by Gasteiger charge is -2.13. The molecule has 0 fully saturated rings. The maximum absolute atomic E-state index is 10.8. The van der Waals surface area contributed by atoms with Crippen molar-refractivity contribution in [2.75, 3.05) is 5.43 Å². The van der Waals surface area contributed by atoms with Crippen molar-refractivity contribution in [3.05, 3.63) is 29.5 Å². The Morgan fingerprint density at radius 3 is 3.00 bits per heavy atom. The third-order valence-corrected chi connectivity index (χ3v) is 1.38. The van der Waals surface area contributed by atoms with E-state index in [1.165, 1.54) is 0 Å². The molecule has 0 saturated heterocycles. The van der Waals surface area contributed by atoms with Crippen LogP contribution in [0.4, 0.5) is 11.4 Å². The van der Waals surface area contributed by atoms with Crippen molar-refractivity contribution in [3.8, 4) is 0 Å². The first kappa shape index (κ1) is 4.78. The summed E-state index contributed by atoms with van der Waals surface area (Å²) in [6, 6.07) is 7.37. The topological polar surface area (TPSA) is 39.5 Å². The number of hydrogen-bond donors (Lipinski definition) is 2. The summed E-state index contributed by atoms with van der Waals surface area (Å²) in [6.07, 6.45) is 0. The standard InChI is InChI=1S/C6H6N2O/c9-8-6-3-1-2-5(4-6)7-8/h1-4,7-8H. The molecule has 0 aromatic heterocycles. The molecule has 0 spiro atoms. The van der Waals surface area contributed by atoms with Crippen molar-refractivity contribution in [1.82, 2.24) is 0 Å². The number of rotatable bonds is 0. The molecule has 0 radical (unpaired) electrons. The van der Waals surface area contributed by atoms with Crippen molar-refractivity contribution in [3.63, 3.8) is 0 Å². The van der Waals surface area contributed by atoms with E-state index in [9.17, 15) is 5.21 Å². The number of quaternary nitrogens is 1. The molecule has 9 heavy (non-hydrogen) atoms. The van der Waals surface area contributed by atoms with Gasteiger partial charge in [-0.1, -0.05) is 6.07 Å². The molecule has 2 rings (SSSR count). The molecule has 1 aromatic carbocycles. The molecule has 0 saturated carbocycles. The van der Waals surface area contributed by atoms with E-state index in [-0.39, 0.29) is 5.17 Å². The zero-order chi connectivity index (χ0) is 6.27. The number of fused-ring (bicyclic) bond motifs is 2. The third-order valence-electron chi connectivity index (χ3n) is 1.38. The molecule has 0 aliphatic carbocycles. The van der Waals surface area contributed by atoms with Gasteiger partial charge in [0.25, 0.3) is 0 Å². The van der Waals surface area contributed by atoms with Gasteiger partial charge in [0.15, 0.2) is 5.69 Å². The van der Waals surface area contributed by atoms with Gasteiger partial charge >= 0.3 is 0 Å². The fourth-order valence-corrected chi connectivity index (χ4v) is 0.941. The Morgan fingerprint density at radius 2 is 2.33 bits per heavy atom. The maximum Gasteiger partial charge on any atom is 0.158 e.